The Kier molecular flexibility index (Phi) is 10.4. The lowest BCUT2D eigenvalue weighted by molar-refractivity contribution is -0.138. The molecule has 2 N–H and O–H groups in total. The molecular weight excluding hydrogens is 290 g/mol. The Bertz CT molecular complexity index is 318. The molecule has 0 aromatic rings. The summed E-state index contributed by atoms with van der Waals surface area (Å²) in [5.74, 6) is 0.448. The van der Waals surface area contributed by atoms with Gasteiger partial charge in [0.1, 0.15) is 0 Å². The summed E-state index contributed by atoms with van der Waals surface area (Å²) in [5, 5.41) is 6.02. The van der Waals surface area contributed by atoms with Crippen molar-refractivity contribution >= 4 is 24.2 Å². The van der Waals surface area contributed by atoms with Crippen LogP contribution in [0.25, 0.3) is 0 Å². The first-order chi connectivity index (χ1) is 9.60. The molecule has 0 aromatic carbocycles. The quantitative estimate of drug-likeness (QED) is 0.698. The number of rotatable bonds is 7. The summed E-state index contributed by atoms with van der Waals surface area (Å²) in [5.41, 5.74) is 0. The van der Waals surface area contributed by atoms with Crippen molar-refractivity contribution in [2.45, 2.75) is 39.5 Å². The molecule has 0 radical (unpaired) electrons. The zero-order valence-corrected chi connectivity index (χ0v) is 14.3. The monoisotopic (exact) mass is 319 g/mol. The van der Waals surface area contributed by atoms with Crippen LogP contribution in [0.15, 0.2) is 0 Å². The number of carbonyl (C=O) groups excluding carboxylic acids is 2. The van der Waals surface area contributed by atoms with E-state index in [4.69, 9.17) is 0 Å². The summed E-state index contributed by atoms with van der Waals surface area (Å²) < 4.78 is 0. The van der Waals surface area contributed by atoms with E-state index in [1.165, 1.54) is 0 Å². The summed E-state index contributed by atoms with van der Waals surface area (Å²) in [7, 11) is 1.86. The largest absolute Gasteiger partial charge is 0.356 e. The minimum atomic E-state index is 0. The highest BCUT2D eigenvalue weighted by Gasteiger charge is 2.28. The fourth-order valence-electron chi connectivity index (χ4n) is 2.60. The summed E-state index contributed by atoms with van der Waals surface area (Å²) in [6, 6.07) is 0. The second-order valence-corrected chi connectivity index (χ2v) is 5.70. The molecule has 21 heavy (non-hydrogen) atoms. The van der Waals surface area contributed by atoms with Gasteiger partial charge in [0.25, 0.3) is 0 Å². The van der Waals surface area contributed by atoms with E-state index in [1.807, 2.05) is 18.9 Å². The number of halogens is 1. The second-order valence-electron chi connectivity index (χ2n) is 5.70. The van der Waals surface area contributed by atoms with Crippen molar-refractivity contribution in [3.8, 4) is 0 Å². The van der Waals surface area contributed by atoms with E-state index in [0.29, 0.717) is 19.6 Å². The first-order valence-electron chi connectivity index (χ1n) is 7.81. The van der Waals surface area contributed by atoms with Crippen molar-refractivity contribution in [1.82, 2.24) is 15.5 Å². The summed E-state index contributed by atoms with van der Waals surface area (Å²) in [6.45, 7) is 6.95. The first-order valence-corrected chi connectivity index (χ1v) is 7.81. The molecule has 5 nitrogen and oxygen atoms in total. The Labute approximate surface area is 134 Å². The van der Waals surface area contributed by atoms with Gasteiger partial charge < -0.3 is 15.5 Å². The third-order valence-electron chi connectivity index (χ3n) is 3.94. The highest BCUT2D eigenvalue weighted by atomic mass is 35.5. The molecule has 0 aliphatic carbocycles. The predicted octanol–water partition coefficient (Wildman–Crippen LogP) is 1.42. The van der Waals surface area contributed by atoms with Gasteiger partial charge in [-0.3, -0.25) is 9.59 Å². The maximum absolute atomic E-state index is 12.2. The van der Waals surface area contributed by atoms with Gasteiger partial charge in [0, 0.05) is 38.0 Å². The van der Waals surface area contributed by atoms with Crippen molar-refractivity contribution in [1.29, 1.82) is 0 Å². The molecule has 6 heteroatoms. The van der Waals surface area contributed by atoms with Crippen molar-refractivity contribution in [2.75, 3.05) is 33.2 Å². The fourth-order valence-corrected chi connectivity index (χ4v) is 2.60. The Morgan fingerprint density at radius 3 is 2.43 bits per heavy atom. The highest BCUT2D eigenvalue weighted by molar-refractivity contribution is 5.85. The number of likely N-dealkylation sites (tertiary alicyclic amines) is 1. The van der Waals surface area contributed by atoms with Crippen LogP contribution in [-0.4, -0.2) is 49.9 Å². The second kappa shape index (κ2) is 10.9. The minimum absolute atomic E-state index is 0. The lowest BCUT2D eigenvalue weighted by atomic mass is 9.95. The van der Waals surface area contributed by atoms with Crippen LogP contribution in [-0.2, 0) is 9.59 Å². The number of unbranched alkanes of at least 4 members (excludes halogenated alkanes) is 1. The van der Waals surface area contributed by atoms with Crippen LogP contribution in [0.2, 0.25) is 0 Å². The van der Waals surface area contributed by atoms with Gasteiger partial charge >= 0.3 is 0 Å². The molecule has 1 fully saturated rings. The summed E-state index contributed by atoms with van der Waals surface area (Å²) in [6.07, 6.45) is 3.70. The van der Waals surface area contributed by atoms with Gasteiger partial charge in [-0.15, -0.1) is 12.4 Å². The molecule has 1 unspecified atom stereocenters. The molecule has 1 rings (SSSR count). The maximum Gasteiger partial charge on any atom is 0.226 e. The van der Waals surface area contributed by atoms with Crippen LogP contribution >= 0.6 is 12.4 Å². The van der Waals surface area contributed by atoms with Gasteiger partial charge in [-0.05, 0) is 26.3 Å². The molecule has 1 saturated heterocycles. The number of nitrogens with one attached hydrogen (secondary N) is 2. The van der Waals surface area contributed by atoms with E-state index in [9.17, 15) is 9.59 Å². The van der Waals surface area contributed by atoms with E-state index in [0.717, 1.165) is 32.2 Å². The Morgan fingerprint density at radius 1 is 1.29 bits per heavy atom. The third-order valence-corrected chi connectivity index (χ3v) is 3.94. The number of amides is 2. The SMILES string of the molecule is CCCCNC(=O)C1CCN(C(=O)C(C)CNC)CC1.Cl. The van der Waals surface area contributed by atoms with Crippen molar-refractivity contribution in [3.05, 3.63) is 0 Å². The van der Waals surface area contributed by atoms with E-state index < -0.39 is 0 Å². The zero-order chi connectivity index (χ0) is 15.0. The standard InChI is InChI=1S/C15H29N3O2.ClH/c1-4-5-8-17-14(19)13-6-9-18(10-7-13)15(20)12(2)11-16-3;/h12-13,16H,4-11H2,1-3H3,(H,17,19);1H. The fraction of sp³-hybridized carbons (Fsp3) is 0.867. The third kappa shape index (κ3) is 6.66. The van der Waals surface area contributed by atoms with E-state index in [2.05, 4.69) is 17.6 Å². The molecular formula is C15H30ClN3O2. The van der Waals surface area contributed by atoms with E-state index in [-0.39, 0.29) is 36.1 Å². The lowest BCUT2D eigenvalue weighted by Gasteiger charge is -2.33. The van der Waals surface area contributed by atoms with E-state index in [1.54, 1.807) is 0 Å². The number of hydrogen-bond acceptors (Lipinski definition) is 3. The number of carbonyl (C=O) groups is 2. The minimum Gasteiger partial charge on any atom is -0.356 e. The van der Waals surface area contributed by atoms with Crippen LogP contribution in [0.5, 0.6) is 0 Å². The average Bonchev–Trinajstić information content (AvgIpc) is 2.47. The average molecular weight is 320 g/mol. The molecule has 1 heterocycles. The van der Waals surface area contributed by atoms with E-state index >= 15 is 0 Å². The van der Waals surface area contributed by atoms with Crippen LogP contribution in [0, 0.1) is 11.8 Å². The smallest absolute Gasteiger partial charge is 0.226 e. The van der Waals surface area contributed by atoms with Crippen molar-refractivity contribution < 1.29 is 9.59 Å². The highest BCUT2D eigenvalue weighted by Crippen LogP contribution is 2.19. The van der Waals surface area contributed by atoms with Gasteiger partial charge in [-0.2, -0.15) is 0 Å². The van der Waals surface area contributed by atoms with Crippen molar-refractivity contribution in [3.63, 3.8) is 0 Å². The zero-order valence-electron chi connectivity index (χ0n) is 13.5. The molecule has 0 spiro atoms. The number of piperidine rings is 1. The molecule has 0 bridgehead atoms. The molecule has 0 aromatic heterocycles. The predicted molar refractivity (Wildman–Crippen MR) is 87.6 cm³/mol. The van der Waals surface area contributed by atoms with Crippen LogP contribution in [0.1, 0.15) is 39.5 Å². The molecule has 1 aliphatic heterocycles. The summed E-state index contributed by atoms with van der Waals surface area (Å²) in [4.78, 5) is 26.0. The molecule has 0 saturated carbocycles. The van der Waals surface area contributed by atoms with Gasteiger partial charge in [0.15, 0.2) is 0 Å². The van der Waals surface area contributed by atoms with Gasteiger partial charge in [0.05, 0.1) is 0 Å². The van der Waals surface area contributed by atoms with Crippen LogP contribution < -0.4 is 10.6 Å². The number of hydrogen-bond donors (Lipinski definition) is 2. The molecule has 1 atom stereocenters. The summed E-state index contributed by atoms with van der Waals surface area (Å²) >= 11 is 0. The topological polar surface area (TPSA) is 61.4 Å². The Balaban J connectivity index is 0.00000400. The van der Waals surface area contributed by atoms with Gasteiger partial charge in [0.2, 0.25) is 11.8 Å². The first kappa shape index (κ1) is 20.2. The van der Waals surface area contributed by atoms with Gasteiger partial charge in [-0.25, -0.2) is 0 Å². The Morgan fingerprint density at radius 2 is 1.90 bits per heavy atom. The molecule has 2 amide bonds. The normalized spacial score (nSPS) is 17.0. The molecule has 124 valence electrons. The Hall–Kier alpha value is -0.810. The molecule has 1 aliphatic rings. The van der Waals surface area contributed by atoms with Crippen LogP contribution in [0.4, 0.5) is 0 Å². The van der Waals surface area contributed by atoms with Crippen LogP contribution in [0.3, 0.4) is 0 Å². The van der Waals surface area contributed by atoms with Gasteiger partial charge in [-0.1, -0.05) is 20.3 Å². The lowest BCUT2D eigenvalue weighted by Crippen LogP contribution is -2.46. The van der Waals surface area contributed by atoms with Crippen molar-refractivity contribution in [2.24, 2.45) is 11.8 Å². The number of nitrogens with zero attached hydrogens (tertiary/aromatic N) is 1. The maximum atomic E-state index is 12.2.